The topological polar surface area (TPSA) is 38.9 Å². The third-order valence-electron chi connectivity index (χ3n) is 8.54. The molecule has 0 radical (unpaired) electrons. The Morgan fingerprint density at radius 2 is 1.02 bits per heavy atom. The van der Waals surface area contributed by atoms with Crippen LogP contribution in [0, 0.1) is 5.82 Å². The zero-order chi connectivity index (χ0) is 29.2. The molecular formula is C40H23FN2O. The predicted molar refractivity (Wildman–Crippen MR) is 178 cm³/mol. The van der Waals surface area contributed by atoms with Gasteiger partial charge in [-0.25, -0.2) is 14.4 Å². The summed E-state index contributed by atoms with van der Waals surface area (Å²) in [5.41, 5.74) is 5.84. The molecule has 9 aromatic rings. The molecule has 0 fully saturated rings. The minimum Gasteiger partial charge on any atom is -0.452 e. The molecule has 3 nitrogen and oxygen atoms in total. The second-order valence-corrected chi connectivity index (χ2v) is 11.1. The maximum absolute atomic E-state index is 16.0. The van der Waals surface area contributed by atoms with Crippen LogP contribution in [-0.4, -0.2) is 9.97 Å². The van der Waals surface area contributed by atoms with Crippen LogP contribution < -0.4 is 0 Å². The summed E-state index contributed by atoms with van der Waals surface area (Å²) >= 11 is 0. The lowest BCUT2D eigenvalue weighted by molar-refractivity contribution is 0.633. The Hall–Kier alpha value is -5.87. The van der Waals surface area contributed by atoms with Crippen molar-refractivity contribution in [1.82, 2.24) is 9.97 Å². The van der Waals surface area contributed by atoms with E-state index in [1.165, 1.54) is 0 Å². The van der Waals surface area contributed by atoms with E-state index < -0.39 is 0 Å². The number of halogens is 1. The van der Waals surface area contributed by atoms with E-state index in [4.69, 9.17) is 14.4 Å². The standard InChI is InChI=1S/C40H23FN2O/c41-35-23-34-30-18-10-8-16-28(30)27-15-7-9-17-29(27)33(34)22-32(35)26-19-20-31-36(21-26)44-39-37(24-11-3-1-4-12-24)42-40(43-38(31)39)25-13-5-2-6-14-25/h1-23H. The van der Waals surface area contributed by atoms with E-state index in [2.05, 4.69) is 30.3 Å². The molecule has 0 spiro atoms. The number of furan rings is 1. The molecule has 0 aliphatic heterocycles. The van der Waals surface area contributed by atoms with Crippen molar-refractivity contribution in [2.45, 2.75) is 0 Å². The van der Waals surface area contributed by atoms with Crippen LogP contribution in [0.2, 0.25) is 0 Å². The third-order valence-corrected chi connectivity index (χ3v) is 8.54. The zero-order valence-electron chi connectivity index (χ0n) is 23.5. The Balaban J connectivity index is 1.29. The number of fused-ring (bicyclic) bond motifs is 9. The molecule has 0 N–H and O–H groups in total. The average molecular weight is 567 g/mol. The highest BCUT2D eigenvalue weighted by Crippen LogP contribution is 2.41. The van der Waals surface area contributed by atoms with Gasteiger partial charge in [0.1, 0.15) is 22.6 Å². The van der Waals surface area contributed by atoms with Crippen molar-refractivity contribution < 1.29 is 8.81 Å². The van der Waals surface area contributed by atoms with Crippen LogP contribution in [0.4, 0.5) is 4.39 Å². The number of rotatable bonds is 3. The first kappa shape index (κ1) is 24.7. The number of aromatic nitrogens is 2. The lowest BCUT2D eigenvalue weighted by Gasteiger charge is -2.13. The second kappa shape index (κ2) is 9.58. The zero-order valence-corrected chi connectivity index (χ0v) is 23.5. The molecule has 0 saturated carbocycles. The van der Waals surface area contributed by atoms with E-state index in [-0.39, 0.29) is 5.82 Å². The van der Waals surface area contributed by atoms with Gasteiger partial charge in [0, 0.05) is 22.1 Å². The van der Waals surface area contributed by atoms with E-state index in [0.29, 0.717) is 22.6 Å². The first-order chi connectivity index (χ1) is 21.7. The van der Waals surface area contributed by atoms with Crippen LogP contribution in [0.5, 0.6) is 0 Å². The van der Waals surface area contributed by atoms with Crippen molar-refractivity contribution in [3.05, 3.63) is 145 Å². The highest BCUT2D eigenvalue weighted by atomic mass is 19.1. The molecule has 0 atom stereocenters. The highest BCUT2D eigenvalue weighted by Gasteiger charge is 2.20. The van der Waals surface area contributed by atoms with Crippen molar-refractivity contribution in [1.29, 1.82) is 0 Å². The van der Waals surface area contributed by atoms with Crippen molar-refractivity contribution in [3.8, 4) is 33.8 Å². The first-order valence-electron chi connectivity index (χ1n) is 14.6. The van der Waals surface area contributed by atoms with E-state index in [1.54, 1.807) is 6.07 Å². The van der Waals surface area contributed by atoms with Crippen LogP contribution in [-0.2, 0) is 0 Å². The maximum Gasteiger partial charge on any atom is 0.180 e. The molecule has 0 amide bonds. The van der Waals surface area contributed by atoms with Gasteiger partial charge in [-0.2, -0.15) is 0 Å². The Labute approximate surface area is 251 Å². The number of hydrogen-bond acceptors (Lipinski definition) is 3. The van der Waals surface area contributed by atoms with E-state index in [0.717, 1.165) is 65.6 Å². The molecule has 7 aromatic carbocycles. The van der Waals surface area contributed by atoms with Gasteiger partial charge in [-0.05, 0) is 62.1 Å². The van der Waals surface area contributed by atoms with Crippen LogP contribution in [0.25, 0.3) is 88.2 Å². The highest BCUT2D eigenvalue weighted by molar-refractivity contribution is 6.25. The summed E-state index contributed by atoms with van der Waals surface area (Å²) < 4.78 is 22.5. The molecule has 0 aliphatic carbocycles. The van der Waals surface area contributed by atoms with E-state index >= 15 is 4.39 Å². The summed E-state index contributed by atoms with van der Waals surface area (Å²) in [6.45, 7) is 0. The second-order valence-electron chi connectivity index (χ2n) is 11.1. The monoisotopic (exact) mass is 566 g/mol. The summed E-state index contributed by atoms with van der Waals surface area (Å²) in [4.78, 5) is 9.92. The molecule has 0 saturated heterocycles. The molecular weight excluding hydrogens is 543 g/mol. The van der Waals surface area contributed by atoms with Gasteiger partial charge in [0.25, 0.3) is 0 Å². The summed E-state index contributed by atoms with van der Waals surface area (Å²) in [6, 6.07) is 46.0. The molecule has 0 unspecified atom stereocenters. The number of nitrogens with zero attached hydrogens (tertiary/aromatic N) is 2. The molecule has 206 valence electrons. The summed E-state index contributed by atoms with van der Waals surface area (Å²) in [7, 11) is 0. The van der Waals surface area contributed by atoms with E-state index in [9.17, 15) is 0 Å². The fourth-order valence-corrected chi connectivity index (χ4v) is 6.46. The van der Waals surface area contributed by atoms with Crippen molar-refractivity contribution >= 4 is 54.4 Å². The fourth-order valence-electron chi connectivity index (χ4n) is 6.46. The lowest BCUT2D eigenvalue weighted by Crippen LogP contribution is -1.93. The summed E-state index contributed by atoms with van der Waals surface area (Å²) in [5.74, 6) is 0.355. The molecule has 2 aromatic heterocycles. The normalized spacial score (nSPS) is 11.8. The Bertz CT molecular complexity index is 2550. The van der Waals surface area contributed by atoms with Gasteiger partial charge >= 0.3 is 0 Å². The van der Waals surface area contributed by atoms with Crippen LogP contribution in [0.3, 0.4) is 0 Å². The summed E-state index contributed by atoms with van der Waals surface area (Å²) in [6.07, 6.45) is 0. The van der Waals surface area contributed by atoms with Gasteiger partial charge < -0.3 is 4.42 Å². The molecule has 0 bridgehead atoms. The molecule has 2 heterocycles. The molecule has 9 rings (SSSR count). The van der Waals surface area contributed by atoms with Gasteiger partial charge in [0.05, 0.1) is 0 Å². The smallest absolute Gasteiger partial charge is 0.180 e. The van der Waals surface area contributed by atoms with Gasteiger partial charge in [-0.3, -0.25) is 0 Å². The minimum atomic E-state index is -0.274. The van der Waals surface area contributed by atoms with Gasteiger partial charge in [0.2, 0.25) is 0 Å². The number of benzene rings is 7. The van der Waals surface area contributed by atoms with Crippen molar-refractivity contribution in [2.24, 2.45) is 0 Å². The van der Waals surface area contributed by atoms with Crippen molar-refractivity contribution in [3.63, 3.8) is 0 Å². The molecule has 44 heavy (non-hydrogen) atoms. The quantitative estimate of drug-likeness (QED) is 0.200. The Morgan fingerprint density at radius 1 is 0.455 bits per heavy atom. The maximum atomic E-state index is 16.0. The Morgan fingerprint density at radius 3 is 1.68 bits per heavy atom. The number of hydrogen-bond donors (Lipinski definition) is 0. The SMILES string of the molecule is Fc1cc2c3ccccc3c3ccccc3c2cc1-c1ccc2c(c1)oc1c(-c3ccccc3)nc(-c3ccccc3)nc12. The van der Waals surface area contributed by atoms with Gasteiger partial charge in [-0.1, -0.05) is 115 Å². The lowest BCUT2D eigenvalue weighted by atomic mass is 9.91. The largest absolute Gasteiger partial charge is 0.452 e. The van der Waals surface area contributed by atoms with Crippen molar-refractivity contribution in [2.75, 3.05) is 0 Å². The predicted octanol–water partition coefficient (Wildman–Crippen LogP) is 11.0. The average Bonchev–Trinajstić information content (AvgIpc) is 3.46. The molecule has 0 aliphatic rings. The van der Waals surface area contributed by atoms with Crippen LogP contribution in [0.15, 0.2) is 144 Å². The fraction of sp³-hybridized carbons (Fsp3) is 0. The van der Waals surface area contributed by atoms with Gasteiger partial charge in [-0.15, -0.1) is 0 Å². The third kappa shape index (κ3) is 3.74. The molecule has 4 heteroatoms. The minimum absolute atomic E-state index is 0.274. The van der Waals surface area contributed by atoms with Crippen LogP contribution >= 0.6 is 0 Å². The van der Waals surface area contributed by atoms with Crippen LogP contribution in [0.1, 0.15) is 0 Å². The Kier molecular flexibility index (Phi) is 5.38. The first-order valence-corrected chi connectivity index (χ1v) is 14.6. The van der Waals surface area contributed by atoms with Gasteiger partial charge in [0.15, 0.2) is 11.4 Å². The summed E-state index contributed by atoms with van der Waals surface area (Å²) in [5, 5.41) is 7.20. The van der Waals surface area contributed by atoms with E-state index in [1.807, 2.05) is 103 Å².